The van der Waals surface area contributed by atoms with Gasteiger partial charge in [-0.05, 0) is 6.42 Å². The molecule has 0 radical (unpaired) electrons. The fraction of sp³-hybridized carbons (Fsp3) is 1.00. The number of hydrogen-bond acceptors (Lipinski definition) is 1. The van der Waals surface area contributed by atoms with Crippen molar-refractivity contribution in [2.24, 2.45) is 0 Å². The number of aliphatic hydroxyl groups is 1. The predicted molar refractivity (Wildman–Crippen MR) is 63.5 cm³/mol. The molecule has 96 valence electrons. The average molecular weight is 226 g/mol. The van der Waals surface area contributed by atoms with Crippen molar-refractivity contribution in [1.29, 1.82) is 0 Å². The fourth-order valence-corrected chi connectivity index (χ4v) is 0.514. The monoisotopic (exact) mass is 226 g/mol. The summed E-state index contributed by atoms with van der Waals surface area (Å²) in [5, 5.41) is 8.07. The number of unbranched alkanes of at least 4 members (excludes halogenated alkanes) is 2. The van der Waals surface area contributed by atoms with Gasteiger partial charge < -0.3 is 5.11 Å². The summed E-state index contributed by atoms with van der Waals surface area (Å²) in [5.41, 5.74) is 0. The Morgan fingerprint density at radius 3 is 1.53 bits per heavy atom. The van der Waals surface area contributed by atoms with Gasteiger partial charge in [0.2, 0.25) is 0 Å². The minimum atomic E-state index is -2.85. The smallest absolute Gasteiger partial charge is 0.270 e. The molecular formula is C12H28F2O. The van der Waals surface area contributed by atoms with Crippen LogP contribution in [0.15, 0.2) is 0 Å². The molecule has 0 amide bonds. The van der Waals surface area contributed by atoms with Crippen molar-refractivity contribution in [1.82, 2.24) is 0 Å². The van der Waals surface area contributed by atoms with Crippen molar-refractivity contribution in [2.45, 2.75) is 72.6 Å². The summed E-state index contributed by atoms with van der Waals surface area (Å²) in [4.78, 5) is 0. The van der Waals surface area contributed by atoms with Crippen molar-refractivity contribution in [3.05, 3.63) is 0 Å². The summed E-state index contributed by atoms with van der Waals surface area (Å²) in [6.45, 7) is 9.18. The molecule has 3 heteroatoms. The lowest BCUT2D eigenvalue weighted by molar-refractivity contribution is -0.0575. The van der Waals surface area contributed by atoms with E-state index in [1.54, 1.807) is 0 Å². The van der Waals surface area contributed by atoms with Crippen molar-refractivity contribution in [3.8, 4) is 0 Å². The van der Waals surface area contributed by atoms with Gasteiger partial charge in [-0.1, -0.05) is 53.9 Å². The Bertz CT molecular complexity index is 93.6. The van der Waals surface area contributed by atoms with E-state index in [-0.39, 0.29) is 6.42 Å². The summed E-state index contributed by atoms with van der Waals surface area (Å²) in [5.74, 6) is -2.85. The highest BCUT2D eigenvalue weighted by Crippen LogP contribution is 2.19. The number of halogens is 2. The lowest BCUT2D eigenvalue weighted by Crippen LogP contribution is -2.20. The SMILES string of the molecule is CC.CCCC.CCCCC(F)(F)CO. The molecule has 1 N–H and O–H groups in total. The Morgan fingerprint density at radius 2 is 1.33 bits per heavy atom. The molecule has 0 saturated carbocycles. The Kier molecular flexibility index (Phi) is 22.0. The zero-order valence-electron chi connectivity index (χ0n) is 10.9. The van der Waals surface area contributed by atoms with Crippen LogP contribution in [-0.2, 0) is 0 Å². The van der Waals surface area contributed by atoms with Gasteiger partial charge in [-0.2, -0.15) is 0 Å². The van der Waals surface area contributed by atoms with E-state index < -0.39 is 12.5 Å². The second-order valence-electron chi connectivity index (χ2n) is 3.12. The molecule has 15 heavy (non-hydrogen) atoms. The van der Waals surface area contributed by atoms with Crippen molar-refractivity contribution in [2.75, 3.05) is 6.61 Å². The molecule has 0 saturated heterocycles. The van der Waals surface area contributed by atoms with Gasteiger partial charge in [0.25, 0.3) is 5.92 Å². The first kappa shape index (κ1) is 20.3. The first-order valence-corrected chi connectivity index (χ1v) is 6.02. The molecule has 0 heterocycles. The zero-order valence-corrected chi connectivity index (χ0v) is 10.9. The van der Waals surface area contributed by atoms with E-state index in [4.69, 9.17) is 5.11 Å². The third kappa shape index (κ3) is 24.8. The Hall–Kier alpha value is -0.180. The number of rotatable bonds is 5. The molecule has 0 atom stereocenters. The van der Waals surface area contributed by atoms with Gasteiger partial charge in [0.1, 0.15) is 6.61 Å². The summed E-state index contributed by atoms with van der Waals surface area (Å²) in [6, 6.07) is 0. The van der Waals surface area contributed by atoms with Crippen molar-refractivity contribution < 1.29 is 13.9 Å². The molecule has 0 aromatic heterocycles. The minimum Gasteiger partial charge on any atom is -0.390 e. The zero-order chi connectivity index (χ0) is 12.7. The normalized spacial score (nSPS) is 9.60. The molecule has 0 bridgehead atoms. The molecule has 0 unspecified atom stereocenters. The number of aliphatic hydroxyl groups excluding tert-OH is 1. The third-order valence-electron chi connectivity index (χ3n) is 1.63. The highest BCUT2D eigenvalue weighted by Gasteiger charge is 2.25. The number of hydrogen-bond donors (Lipinski definition) is 1. The molecule has 0 spiro atoms. The largest absolute Gasteiger partial charge is 0.390 e. The van der Waals surface area contributed by atoms with Gasteiger partial charge in [0.15, 0.2) is 0 Å². The molecule has 0 fully saturated rings. The van der Waals surface area contributed by atoms with Crippen LogP contribution >= 0.6 is 0 Å². The van der Waals surface area contributed by atoms with Crippen LogP contribution < -0.4 is 0 Å². The Balaban J connectivity index is -0.000000202. The van der Waals surface area contributed by atoms with E-state index in [0.717, 1.165) is 6.42 Å². The molecule has 0 aliphatic heterocycles. The number of alkyl halides is 2. The van der Waals surface area contributed by atoms with Crippen LogP contribution in [0, 0.1) is 0 Å². The van der Waals surface area contributed by atoms with Crippen molar-refractivity contribution >= 4 is 0 Å². The molecular weight excluding hydrogens is 198 g/mol. The molecule has 0 aliphatic carbocycles. The topological polar surface area (TPSA) is 20.2 Å². The van der Waals surface area contributed by atoms with E-state index in [1.165, 1.54) is 12.8 Å². The van der Waals surface area contributed by atoms with Crippen LogP contribution in [0.4, 0.5) is 8.78 Å². The lowest BCUT2D eigenvalue weighted by atomic mass is 10.2. The maximum atomic E-state index is 12.1. The summed E-state index contributed by atoms with van der Waals surface area (Å²) >= 11 is 0. The molecule has 0 rings (SSSR count). The second-order valence-corrected chi connectivity index (χ2v) is 3.12. The first-order valence-electron chi connectivity index (χ1n) is 6.02. The third-order valence-corrected chi connectivity index (χ3v) is 1.63. The van der Waals surface area contributed by atoms with Crippen LogP contribution in [0.3, 0.4) is 0 Å². The maximum Gasteiger partial charge on any atom is 0.270 e. The Morgan fingerprint density at radius 1 is 0.933 bits per heavy atom. The predicted octanol–water partition coefficient (Wildman–Crippen LogP) is 4.64. The van der Waals surface area contributed by atoms with Gasteiger partial charge in [-0.15, -0.1) is 0 Å². The van der Waals surface area contributed by atoms with E-state index in [9.17, 15) is 8.78 Å². The van der Waals surface area contributed by atoms with Gasteiger partial charge in [0, 0.05) is 6.42 Å². The van der Waals surface area contributed by atoms with Gasteiger partial charge in [-0.3, -0.25) is 0 Å². The molecule has 0 aromatic carbocycles. The highest BCUT2D eigenvalue weighted by atomic mass is 19.3. The quantitative estimate of drug-likeness (QED) is 0.724. The van der Waals surface area contributed by atoms with Gasteiger partial charge in [-0.25, -0.2) is 8.78 Å². The van der Waals surface area contributed by atoms with Gasteiger partial charge in [0.05, 0.1) is 0 Å². The van der Waals surface area contributed by atoms with Crippen LogP contribution in [0.2, 0.25) is 0 Å². The van der Waals surface area contributed by atoms with E-state index in [2.05, 4.69) is 13.8 Å². The van der Waals surface area contributed by atoms with E-state index >= 15 is 0 Å². The van der Waals surface area contributed by atoms with E-state index in [0.29, 0.717) is 6.42 Å². The van der Waals surface area contributed by atoms with Crippen LogP contribution in [0.5, 0.6) is 0 Å². The standard InChI is InChI=1S/C6H12F2O.C4H10.C2H6/c1-2-3-4-6(7,8)5-9;1-3-4-2;1-2/h9H,2-5H2,1H3;3-4H2,1-2H3;1-2H3. The summed E-state index contributed by atoms with van der Waals surface area (Å²) in [6.07, 6.45) is 3.67. The lowest BCUT2D eigenvalue weighted by Gasteiger charge is -2.10. The summed E-state index contributed by atoms with van der Waals surface area (Å²) in [7, 11) is 0. The maximum absolute atomic E-state index is 12.1. The molecule has 0 aliphatic rings. The molecule has 0 aromatic rings. The van der Waals surface area contributed by atoms with Crippen LogP contribution in [0.1, 0.15) is 66.7 Å². The van der Waals surface area contributed by atoms with Crippen LogP contribution in [-0.4, -0.2) is 17.6 Å². The van der Waals surface area contributed by atoms with Gasteiger partial charge >= 0.3 is 0 Å². The summed E-state index contributed by atoms with van der Waals surface area (Å²) < 4.78 is 24.2. The van der Waals surface area contributed by atoms with Crippen LogP contribution in [0.25, 0.3) is 0 Å². The molecule has 1 nitrogen and oxygen atoms in total. The highest BCUT2D eigenvalue weighted by molar-refractivity contribution is 4.62. The first-order chi connectivity index (χ1) is 7.04. The van der Waals surface area contributed by atoms with Crippen molar-refractivity contribution in [3.63, 3.8) is 0 Å². The average Bonchev–Trinajstić information content (AvgIpc) is 2.29. The van der Waals surface area contributed by atoms with E-state index in [1.807, 2.05) is 20.8 Å². The minimum absolute atomic E-state index is 0.194. The Labute approximate surface area is 93.9 Å². The second kappa shape index (κ2) is 16.3. The fourth-order valence-electron chi connectivity index (χ4n) is 0.514.